The van der Waals surface area contributed by atoms with Gasteiger partial charge in [0, 0.05) is 17.6 Å². The van der Waals surface area contributed by atoms with Gasteiger partial charge < -0.3 is 10.2 Å². The molecule has 0 aliphatic heterocycles. The molecule has 3 rings (SSSR count). The molecule has 3 aromatic rings. The molecule has 202 valence electrons. The SMILES string of the molecule is Cc1ccc(N(CC(=O)N(Cc2ccc(F)cc2)C(C)C(=O)NC(C)C)S(=O)(=O)c2ccc(Cl)cc2)cc1. The minimum Gasteiger partial charge on any atom is -0.352 e. The lowest BCUT2D eigenvalue weighted by atomic mass is 10.1. The summed E-state index contributed by atoms with van der Waals surface area (Å²) in [4.78, 5) is 27.9. The van der Waals surface area contributed by atoms with Crippen LogP contribution in [0, 0.1) is 12.7 Å². The van der Waals surface area contributed by atoms with Gasteiger partial charge in [0.05, 0.1) is 10.6 Å². The Kier molecular flexibility index (Phi) is 9.51. The molecule has 1 atom stereocenters. The third-order valence-corrected chi connectivity index (χ3v) is 7.91. The number of carbonyl (C=O) groups excluding carboxylic acids is 2. The molecule has 0 fully saturated rings. The molecule has 0 aromatic heterocycles. The van der Waals surface area contributed by atoms with Gasteiger partial charge in [-0.2, -0.15) is 0 Å². The number of nitrogens with one attached hydrogen (secondary N) is 1. The van der Waals surface area contributed by atoms with Crippen LogP contribution >= 0.6 is 11.6 Å². The monoisotopic (exact) mass is 559 g/mol. The first-order chi connectivity index (χ1) is 17.9. The molecule has 0 saturated heterocycles. The van der Waals surface area contributed by atoms with Crippen LogP contribution in [0.2, 0.25) is 5.02 Å². The fourth-order valence-electron chi connectivity index (χ4n) is 3.75. The molecule has 10 heteroatoms. The molecule has 1 unspecified atom stereocenters. The number of halogens is 2. The van der Waals surface area contributed by atoms with E-state index >= 15 is 0 Å². The van der Waals surface area contributed by atoms with E-state index in [2.05, 4.69) is 5.32 Å². The molecule has 3 aromatic carbocycles. The molecule has 0 saturated carbocycles. The van der Waals surface area contributed by atoms with Gasteiger partial charge in [-0.15, -0.1) is 0 Å². The van der Waals surface area contributed by atoms with Crippen molar-refractivity contribution in [3.63, 3.8) is 0 Å². The predicted molar refractivity (Wildman–Crippen MR) is 147 cm³/mol. The van der Waals surface area contributed by atoms with Gasteiger partial charge in [0.2, 0.25) is 11.8 Å². The molecule has 0 aliphatic rings. The normalized spacial score (nSPS) is 12.2. The lowest BCUT2D eigenvalue weighted by molar-refractivity contribution is -0.139. The van der Waals surface area contributed by atoms with E-state index in [1.165, 1.54) is 53.4 Å². The van der Waals surface area contributed by atoms with E-state index in [4.69, 9.17) is 11.6 Å². The number of amides is 2. The number of benzene rings is 3. The van der Waals surface area contributed by atoms with Crippen LogP contribution in [0.25, 0.3) is 0 Å². The Balaban J connectivity index is 2.02. The maximum absolute atomic E-state index is 13.8. The Bertz CT molecular complexity index is 1360. The van der Waals surface area contributed by atoms with Gasteiger partial charge in [0.25, 0.3) is 10.0 Å². The highest BCUT2D eigenvalue weighted by Crippen LogP contribution is 2.26. The summed E-state index contributed by atoms with van der Waals surface area (Å²) in [6.45, 7) is 6.46. The Labute approximate surface area is 228 Å². The van der Waals surface area contributed by atoms with E-state index < -0.39 is 40.2 Å². The van der Waals surface area contributed by atoms with E-state index in [9.17, 15) is 22.4 Å². The van der Waals surface area contributed by atoms with Crippen molar-refractivity contribution in [2.75, 3.05) is 10.8 Å². The Hall–Kier alpha value is -3.43. The minimum atomic E-state index is -4.18. The van der Waals surface area contributed by atoms with E-state index in [-0.39, 0.29) is 17.5 Å². The highest BCUT2D eigenvalue weighted by Gasteiger charge is 2.32. The second-order valence-corrected chi connectivity index (χ2v) is 11.6. The average molecular weight is 560 g/mol. The zero-order chi connectivity index (χ0) is 28.0. The minimum absolute atomic E-state index is 0.0193. The topological polar surface area (TPSA) is 86.8 Å². The van der Waals surface area contributed by atoms with Crippen LogP contribution in [0.15, 0.2) is 77.7 Å². The predicted octanol–water partition coefficient (Wildman–Crippen LogP) is 4.92. The summed E-state index contributed by atoms with van der Waals surface area (Å²) in [5, 5.41) is 3.16. The van der Waals surface area contributed by atoms with Gasteiger partial charge in [-0.25, -0.2) is 12.8 Å². The quantitative estimate of drug-likeness (QED) is 0.382. The molecular weight excluding hydrogens is 529 g/mol. The van der Waals surface area contributed by atoms with Crippen molar-refractivity contribution in [1.29, 1.82) is 0 Å². The Morgan fingerprint density at radius 2 is 1.50 bits per heavy atom. The third kappa shape index (κ3) is 7.33. The summed E-state index contributed by atoms with van der Waals surface area (Å²) < 4.78 is 42.0. The fourth-order valence-corrected chi connectivity index (χ4v) is 5.29. The molecule has 0 heterocycles. The largest absolute Gasteiger partial charge is 0.352 e. The first-order valence-corrected chi connectivity index (χ1v) is 13.9. The zero-order valence-corrected chi connectivity index (χ0v) is 23.3. The molecule has 0 bridgehead atoms. The molecule has 38 heavy (non-hydrogen) atoms. The van der Waals surface area contributed by atoms with Crippen LogP contribution in [0.5, 0.6) is 0 Å². The number of hydrogen-bond donors (Lipinski definition) is 1. The number of aryl methyl sites for hydroxylation is 1. The molecule has 0 spiro atoms. The lowest BCUT2D eigenvalue weighted by Crippen LogP contribution is -2.52. The van der Waals surface area contributed by atoms with Crippen LogP contribution in [0.4, 0.5) is 10.1 Å². The standard InChI is InChI=1S/C28H31ClFN3O4S/c1-19(2)31-28(35)21(4)32(17-22-7-11-24(30)12-8-22)27(34)18-33(25-13-5-20(3)6-14-25)38(36,37)26-15-9-23(29)10-16-26/h5-16,19,21H,17-18H2,1-4H3,(H,31,35). The molecule has 1 N–H and O–H groups in total. The summed E-state index contributed by atoms with van der Waals surface area (Å²) in [7, 11) is -4.18. The molecular formula is C28H31ClFN3O4S. The van der Waals surface area contributed by atoms with Crippen molar-refractivity contribution in [3.8, 4) is 0 Å². The zero-order valence-electron chi connectivity index (χ0n) is 21.7. The van der Waals surface area contributed by atoms with Crippen molar-refractivity contribution in [2.45, 2.75) is 51.2 Å². The van der Waals surface area contributed by atoms with Crippen LogP contribution in [0.3, 0.4) is 0 Å². The van der Waals surface area contributed by atoms with Gasteiger partial charge in [-0.05, 0) is 81.8 Å². The van der Waals surface area contributed by atoms with Gasteiger partial charge in [-0.1, -0.05) is 41.4 Å². The van der Waals surface area contributed by atoms with Crippen LogP contribution < -0.4 is 9.62 Å². The number of sulfonamides is 1. The van der Waals surface area contributed by atoms with Crippen LogP contribution in [0.1, 0.15) is 31.9 Å². The van der Waals surface area contributed by atoms with Crippen molar-refractivity contribution >= 4 is 39.1 Å². The lowest BCUT2D eigenvalue weighted by Gasteiger charge is -2.32. The highest BCUT2D eigenvalue weighted by molar-refractivity contribution is 7.92. The molecule has 2 amide bonds. The average Bonchev–Trinajstić information content (AvgIpc) is 2.87. The summed E-state index contributed by atoms with van der Waals surface area (Å²) in [5.41, 5.74) is 1.80. The number of rotatable bonds is 10. The number of anilines is 1. The smallest absolute Gasteiger partial charge is 0.264 e. The maximum atomic E-state index is 13.8. The maximum Gasteiger partial charge on any atom is 0.264 e. The van der Waals surface area contributed by atoms with Crippen molar-refractivity contribution in [2.24, 2.45) is 0 Å². The van der Waals surface area contributed by atoms with Gasteiger partial charge in [-0.3, -0.25) is 13.9 Å². The second-order valence-electron chi connectivity index (χ2n) is 9.29. The third-order valence-electron chi connectivity index (χ3n) is 5.87. The summed E-state index contributed by atoms with van der Waals surface area (Å²) >= 11 is 5.96. The summed E-state index contributed by atoms with van der Waals surface area (Å²) in [5.74, 6) is -1.42. The van der Waals surface area contributed by atoms with Gasteiger partial charge in [0.1, 0.15) is 18.4 Å². The molecule has 0 aliphatic carbocycles. The van der Waals surface area contributed by atoms with Crippen LogP contribution in [-0.4, -0.2) is 43.8 Å². The highest BCUT2D eigenvalue weighted by atomic mass is 35.5. The van der Waals surface area contributed by atoms with Gasteiger partial charge >= 0.3 is 0 Å². The van der Waals surface area contributed by atoms with E-state index in [0.717, 1.165) is 9.87 Å². The van der Waals surface area contributed by atoms with Gasteiger partial charge in [0.15, 0.2) is 0 Å². The van der Waals surface area contributed by atoms with Crippen molar-refractivity contribution in [1.82, 2.24) is 10.2 Å². The van der Waals surface area contributed by atoms with E-state index in [1.807, 2.05) is 6.92 Å². The number of carbonyl (C=O) groups is 2. The van der Waals surface area contributed by atoms with Crippen LogP contribution in [-0.2, 0) is 26.2 Å². The summed E-state index contributed by atoms with van der Waals surface area (Å²) in [6, 6.07) is 16.9. The van der Waals surface area contributed by atoms with E-state index in [1.54, 1.807) is 45.0 Å². The Morgan fingerprint density at radius 1 is 0.921 bits per heavy atom. The fraction of sp³-hybridized carbons (Fsp3) is 0.286. The summed E-state index contributed by atoms with van der Waals surface area (Å²) in [6.07, 6.45) is 0. The Morgan fingerprint density at radius 3 is 2.05 bits per heavy atom. The first kappa shape index (κ1) is 29.1. The van der Waals surface area contributed by atoms with Crippen molar-refractivity contribution < 1.29 is 22.4 Å². The first-order valence-electron chi connectivity index (χ1n) is 12.1. The molecule has 7 nitrogen and oxygen atoms in total. The molecule has 0 radical (unpaired) electrons. The van der Waals surface area contributed by atoms with Crippen molar-refractivity contribution in [3.05, 3.63) is 94.8 Å². The number of nitrogens with zero attached hydrogens (tertiary/aromatic N) is 2. The second kappa shape index (κ2) is 12.4. The number of hydrogen-bond acceptors (Lipinski definition) is 4. The van der Waals surface area contributed by atoms with E-state index in [0.29, 0.717) is 16.3 Å².